The zero-order valence-corrected chi connectivity index (χ0v) is 51.3. The van der Waals surface area contributed by atoms with Crippen molar-refractivity contribution in [1.82, 2.24) is 0 Å². The number of allylic oxidation sites excluding steroid dienone is 6. The summed E-state index contributed by atoms with van der Waals surface area (Å²) < 4.78 is 0. The number of benzene rings is 6. The van der Waals surface area contributed by atoms with E-state index in [4.69, 9.17) is 0 Å². The first-order valence-corrected chi connectivity index (χ1v) is 28.0. The molecule has 0 aliphatic carbocycles. The van der Waals surface area contributed by atoms with Gasteiger partial charge in [0.2, 0.25) is 0 Å². The van der Waals surface area contributed by atoms with E-state index in [-0.39, 0.29) is 21.7 Å². The van der Waals surface area contributed by atoms with Gasteiger partial charge in [0.25, 0.3) is 0 Å². The molecule has 0 atom stereocenters. The molecule has 0 amide bonds. The Morgan fingerprint density at radius 1 is 0.237 bits per heavy atom. The van der Waals surface area contributed by atoms with Crippen molar-refractivity contribution in [2.75, 3.05) is 9.80 Å². The monoisotopic (exact) mass is 1010 g/mol. The molecule has 0 N–H and O–H groups in total. The summed E-state index contributed by atoms with van der Waals surface area (Å²) in [6.07, 6.45) is 10.1. The minimum atomic E-state index is -0.0764. The molecular formula is C74H90N2. The second-order valence-electron chi connectivity index (χ2n) is 27.3. The third-order valence-corrected chi connectivity index (χ3v) is 16.0. The number of hydrogen-bond acceptors (Lipinski definition) is 2. The highest BCUT2D eigenvalue weighted by Crippen LogP contribution is 2.50. The molecule has 6 aromatic rings. The van der Waals surface area contributed by atoms with Crippen molar-refractivity contribution in [2.45, 2.75) is 188 Å². The van der Waals surface area contributed by atoms with Gasteiger partial charge >= 0.3 is 0 Å². The first-order valence-electron chi connectivity index (χ1n) is 28.0. The average Bonchev–Trinajstić information content (AvgIpc) is 3.26. The van der Waals surface area contributed by atoms with Crippen LogP contribution < -0.4 is 9.80 Å². The van der Waals surface area contributed by atoms with Crippen molar-refractivity contribution < 1.29 is 0 Å². The Balaban J connectivity index is 1.62. The van der Waals surface area contributed by atoms with Crippen LogP contribution in [0.2, 0.25) is 0 Å². The molecule has 0 fully saturated rings. The summed E-state index contributed by atoms with van der Waals surface area (Å²) in [5, 5.41) is 0. The van der Waals surface area contributed by atoms with Crippen molar-refractivity contribution in [1.29, 1.82) is 0 Å². The standard InChI is InChI=1S/C74H90N2/c1-43-25-47(5)67(48(6)26-43)63-33-55(34-64(68-49(7)27-44(2)28-50(68)8)75(63)61-39-57(71(13,14)15)37-58(40-61)72(16,17)18)56-35-65(69-51(9)29-45(3)30-52(69)10)76(66(36-56)70-53(11)31-46(4)32-54(70)12)62-41-59(73(19,20)21)38-60(42-62)74(22,23)24/h25-42H,1-24H3. The summed E-state index contributed by atoms with van der Waals surface area (Å²) >= 11 is 0. The Morgan fingerprint density at radius 3 is 0.566 bits per heavy atom. The highest BCUT2D eigenvalue weighted by Gasteiger charge is 2.35. The SMILES string of the molecule is Cc1cc(C)c(C2=CC(=C3C=C(c4c(C)cc(C)cc4C)N(c4cc(C(C)(C)C)cc(C(C)(C)C)c4)C(c4c(C)cc(C)cc4C)=C3)C=C(c3c(C)cc(C)cc3C)N2c2cc(C(C)(C)C)cc(C(C)(C)C)c2)c(C)c1. The molecule has 0 radical (unpaired) electrons. The van der Waals surface area contributed by atoms with E-state index in [1.54, 1.807) is 0 Å². The van der Waals surface area contributed by atoms with Crippen LogP contribution in [0, 0.1) is 83.1 Å². The summed E-state index contributed by atoms with van der Waals surface area (Å²) in [6, 6.07) is 33.8. The van der Waals surface area contributed by atoms with Gasteiger partial charge in [0, 0.05) is 33.6 Å². The van der Waals surface area contributed by atoms with E-state index in [0.29, 0.717) is 0 Å². The Morgan fingerprint density at radius 2 is 0.408 bits per heavy atom. The number of aryl methyl sites for hydroxylation is 12. The third kappa shape index (κ3) is 10.9. The summed E-state index contributed by atoms with van der Waals surface area (Å²) in [7, 11) is 0. The van der Waals surface area contributed by atoms with Crippen LogP contribution in [0.1, 0.15) is 194 Å². The first-order chi connectivity index (χ1) is 35.1. The lowest BCUT2D eigenvalue weighted by Crippen LogP contribution is -2.28. The number of nitrogens with zero attached hydrogens (tertiary/aromatic N) is 2. The lowest BCUT2D eigenvalue weighted by atomic mass is 9.79. The van der Waals surface area contributed by atoms with Gasteiger partial charge in [-0.1, -0.05) is 166 Å². The fourth-order valence-electron chi connectivity index (χ4n) is 12.4. The maximum atomic E-state index is 2.63. The molecule has 0 aromatic heterocycles. The van der Waals surface area contributed by atoms with Gasteiger partial charge in [0.05, 0.1) is 22.8 Å². The van der Waals surface area contributed by atoms with E-state index < -0.39 is 0 Å². The lowest BCUT2D eigenvalue weighted by Gasteiger charge is -2.39. The van der Waals surface area contributed by atoms with Gasteiger partial charge in [-0.2, -0.15) is 0 Å². The van der Waals surface area contributed by atoms with Crippen LogP contribution in [0.25, 0.3) is 22.8 Å². The fraction of sp³-hybridized carbons (Fsp3) is 0.378. The average molecular weight is 1010 g/mol. The minimum Gasteiger partial charge on any atom is -0.309 e. The van der Waals surface area contributed by atoms with E-state index in [2.05, 4.69) is 285 Å². The van der Waals surface area contributed by atoms with E-state index in [1.807, 2.05) is 0 Å². The molecular weight excluding hydrogens is 917 g/mol. The van der Waals surface area contributed by atoms with E-state index in [1.165, 1.54) is 157 Å². The summed E-state index contributed by atoms with van der Waals surface area (Å²) in [6.45, 7) is 55.6. The van der Waals surface area contributed by atoms with Crippen LogP contribution >= 0.6 is 0 Å². The van der Waals surface area contributed by atoms with Crippen LogP contribution in [-0.4, -0.2) is 0 Å². The molecule has 76 heavy (non-hydrogen) atoms. The Kier molecular flexibility index (Phi) is 14.6. The Bertz CT molecular complexity index is 2960. The van der Waals surface area contributed by atoms with Crippen molar-refractivity contribution in [3.05, 3.63) is 232 Å². The van der Waals surface area contributed by atoms with Crippen molar-refractivity contribution in [3.8, 4) is 0 Å². The number of rotatable bonds is 6. The molecule has 396 valence electrons. The van der Waals surface area contributed by atoms with Gasteiger partial charge < -0.3 is 9.80 Å². The summed E-state index contributed by atoms with van der Waals surface area (Å²) in [5.41, 5.74) is 34.8. The molecule has 6 aromatic carbocycles. The van der Waals surface area contributed by atoms with E-state index >= 15 is 0 Å². The molecule has 2 nitrogen and oxygen atoms in total. The zero-order chi connectivity index (χ0) is 56.0. The molecule has 0 bridgehead atoms. The van der Waals surface area contributed by atoms with E-state index in [0.717, 1.165) is 0 Å². The maximum Gasteiger partial charge on any atom is 0.0545 e. The quantitative estimate of drug-likeness (QED) is 0.164. The third-order valence-electron chi connectivity index (χ3n) is 16.0. The molecule has 0 unspecified atom stereocenters. The zero-order valence-electron chi connectivity index (χ0n) is 51.3. The van der Waals surface area contributed by atoms with Gasteiger partial charge in [0.15, 0.2) is 0 Å². The van der Waals surface area contributed by atoms with Crippen LogP contribution in [0.4, 0.5) is 11.4 Å². The topological polar surface area (TPSA) is 6.48 Å². The maximum absolute atomic E-state index is 2.63. The fourth-order valence-corrected chi connectivity index (χ4v) is 12.4. The van der Waals surface area contributed by atoms with Crippen LogP contribution in [-0.2, 0) is 21.7 Å². The van der Waals surface area contributed by atoms with Gasteiger partial charge in [-0.05, 0) is 231 Å². The highest BCUT2D eigenvalue weighted by molar-refractivity contribution is 6.05. The van der Waals surface area contributed by atoms with Crippen LogP contribution in [0.15, 0.2) is 120 Å². The molecule has 2 aliphatic rings. The summed E-state index contributed by atoms with van der Waals surface area (Å²) in [5.74, 6) is 0. The molecule has 0 spiro atoms. The Hall–Kier alpha value is -6.38. The van der Waals surface area contributed by atoms with Crippen molar-refractivity contribution >= 4 is 34.2 Å². The van der Waals surface area contributed by atoms with E-state index in [9.17, 15) is 0 Å². The van der Waals surface area contributed by atoms with Crippen LogP contribution in [0.5, 0.6) is 0 Å². The number of hydrogen-bond donors (Lipinski definition) is 0. The largest absolute Gasteiger partial charge is 0.309 e. The highest BCUT2D eigenvalue weighted by atomic mass is 15.2. The Labute approximate surface area is 461 Å². The molecule has 0 saturated carbocycles. The van der Waals surface area contributed by atoms with Gasteiger partial charge in [0.1, 0.15) is 0 Å². The van der Waals surface area contributed by atoms with Crippen LogP contribution in [0.3, 0.4) is 0 Å². The molecule has 2 heteroatoms. The summed E-state index contributed by atoms with van der Waals surface area (Å²) in [4.78, 5) is 5.26. The second-order valence-corrected chi connectivity index (χ2v) is 27.3. The van der Waals surface area contributed by atoms with Gasteiger partial charge in [-0.3, -0.25) is 0 Å². The predicted molar refractivity (Wildman–Crippen MR) is 334 cm³/mol. The van der Waals surface area contributed by atoms with Crippen molar-refractivity contribution in [2.24, 2.45) is 0 Å². The minimum absolute atomic E-state index is 0.0764. The molecule has 2 heterocycles. The molecule has 0 saturated heterocycles. The smallest absolute Gasteiger partial charge is 0.0545 e. The molecule has 2 aliphatic heterocycles. The van der Waals surface area contributed by atoms with Crippen molar-refractivity contribution in [3.63, 3.8) is 0 Å². The van der Waals surface area contributed by atoms with Gasteiger partial charge in [-0.15, -0.1) is 0 Å². The number of anilines is 2. The first kappa shape index (κ1) is 55.8. The van der Waals surface area contributed by atoms with Gasteiger partial charge in [-0.25, -0.2) is 0 Å². The molecule has 8 rings (SSSR count). The lowest BCUT2D eigenvalue weighted by molar-refractivity contribution is 0.568. The second kappa shape index (κ2) is 19.9. The normalized spacial score (nSPS) is 14.8. The predicted octanol–water partition coefficient (Wildman–Crippen LogP) is 20.4.